The highest BCUT2D eigenvalue weighted by Crippen LogP contribution is 2.17. The van der Waals surface area contributed by atoms with E-state index in [1.165, 1.54) is 36.7 Å². The highest BCUT2D eigenvalue weighted by Gasteiger charge is 2.16. The van der Waals surface area contributed by atoms with E-state index in [-0.39, 0.29) is 5.75 Å². The van der Waals surface area contributed by atoms with Crippen molar-refractivity contribution >= 4 is 21.7 Å². The first-order valence-electron chi connectivity index (χ1n) is 7.34. The van der Waals surface area contributed by atoms with Gasteiger partial charge in [-0.15, -0.1) is 0 Å². The molecule has 1 N–H and O–H groups in total. The molecule has 2 heterocycles. The van der Waals surface area contributed by atoms with Crippen molar-refractivity contribution in [2.24, 2.45) is 0 Å². The van der Waals surface area contributed by atoms with E-state index in [1.807, 2.05) is 0 Å². The fourth-order valence-corrected chi connectivity index (χ4v) is 3.64. The highest BCUT2D eigenvalue weighted by atomic mass is 32.2. The van der Waals surface area contributed by atoms with Gasteiger partial charge in [-0.25, -0.2) is 22.8 Å². The van der Waals surface area contributed by atoms with Gasteiger partial charge in [-0.3, -0.25) is 4.72 Å². The molecule has 0 spiro atoms. The van der Waals surface area contributed by atoms with Gasteiger partial charge < -0.3 is 4.90 Å². The van der Waals surface area contributed by atoms with Crippen LogP contribution in [0.15, 0.2) is 36.7 Å². The Balaban J connectivity index is 1.66. The van der Waals surface area contributed by atoms with E-state index < -0.39 is 15.8 Å². The Labute approximate surface area is 134 Å². The molecule has 1 saturated heterocycles. The van der Waals surface area contributed by atoms with Crippen molar-refractivity contribution in [1.29, 1.82) is 0 Å². The predicted molar refractivity (Wildman–Crippen MR) is 86.1 cm³/mol. The number of aromatic nitrogens is 2. The lowest BCUT2D eigenvalue weighted by Gasteiger charge is -2.15. The number of sulfonamides is 1. The average Bonchev–Trinajstić information content (AvgIpc) is 3.04. The summed E-state index contributed by atoms with van der Waals surface area (Å²) in [5.41, 5.74) is 0.823. The number of benzene rings is 1. The first-order chi connectivity index (χ1) is 11.0. The summed E-state index contributed by atoms with van der Waals surface area (Å²) >= 11 is 0. The van der Waals surface area contributed by atoms with Crippen LogP contribution >= 0.6 is 0 Å². The van der Waals surface area contributed by atoms with E-state index in [2.05, 4.69) is 19.6 Å². The maximum absolute atomic E-state index is 12.8. The van der Waals surface area contributed by atoms with Gasteiger partial charge in [-0.1, -0.05) is 12.1 Å². The van der Waals surface area contributed by atoms with Crippen LogP contribution in [0.5, 0.6) is 0 Å². The minimum Gasteiger partial charge on any atom is -0.341 e. The van der Waals surface area contributed by atoms with Crippen molar-refractivity contribution < 1.29 is 12.8 Å². The van der Waals surface area contributed by atoms with E-state index in [0.717, 1.165) is 25.9 Å². The number of rotatable bonds is 5. The molecule has 6 nitrogen and oxygen atoms in total. The third-order valence-electron chi connectivity index (χ3n) is 3.57. The van der Waals surface area contributed by atoms with Crippen LogP contribution in [0.25, 0.3) is 0 Å². The van der Waals surface area contributed by atoms with Crippen molar-refractivity contribution in [3.8, 4) is 0 Å². The van der Waals surface area contributed by atoms with Crippen molar-refractivity contribution in [1.82, 2.24) is 9.97 Å². The third-order valence-corrected chi connectivity index (χ3v) is 4.83. The van der Waals surface area contributed by atoms with Crippen molar-refractivity contribution in [2.45, 2.75) is 18.6 Å². The van der Waals surface area contributed by atoms with Crippen LogP contribution in [0.2, 0.25) is 0 Å². The largest absolute Gasteiger partial charge is 0.341 e. The van der Waals surface area contributed by atoms with Crippen molar-refractivity contribution in [3.63, 3.8) is 0 Å². The Morgan fingerprint density at radius 1 is 1.09 bits per heavy atom. The third kappa shape index (κ3) is 4.16. The van der Waals surface area contributed by atoms with Gasteiger partial charge >= 0.3 is 0 Å². The molecule has 2 aromatic rings. The van der Waals surface area contributed by atoms with Gasteiger partial charge in [-0.05, 0) is 30.5 Å². The lowest BCUT2D eigenvalue weighted by molar-refractivity contribution is 0.600. The van der Waals surface area contributed by atoms with E-state index in [9.17, 15) is 12.8 Å². The molecule has 0 aliphatic carbocycles. The summed E-state index contributed by atoms with van der Waals surface area (Å²) < 4.78 is 39.5. The van der Waals surface area contributed by atoms with Crippen LogP contribution < -0.4 is 9.62 Å². The molecule has 0 radical (unpaired) electrons. The summed E-state index contributed by atoms with van der Waals surface area (Å²) in [6.07, 6.45) is 5.16. The quantitative estimate of drug-likeness (QED) is 0.905. The first-order valence-corrected chi connectivity index (χ1v) is 8.99. The standard InChI is InChI=1S/C15H17FN4O2S/c16-13-5-3-12(4-6-13)11-23(21,22)19-14-9-17-15(18-10-14)20-7-1-2-8-20/h3-6,9-10,19H,1-2,7-8,11H2. The second-order valence-corrected chi connectivity index (χ2v) is 7.18. The second-order valence-electron chi connectivity index (χ2n) is 5.45. The minimum atomic E-state index is -3.60. The van der Waals surface area contributed by atoms with Crippen molar-refractivity contribution in [2.75, 3.05) is 22.7 Å². The summed E-state index contributed by atoms with van der Waals surface area (Å²) in [6, 6.07) is 5.36. The molecular weight excluding hydrogens is 319 g/mol. The van der Waals surface area contributed by atoms with Crippen LogP contribution in [0.1, 0.15) is 18.4 Å². The molecule has 1 fully saturated rings. The van der Waals surface area contributed by atoms with E-state index in [0.29, 0.717) is 17.2 Å². The van der Waals surface area contributed by atoms with Gasteiger partial charge in [0.2, 0.25) is 16.0 Å². The Bertz CT molecular complexity index is 757. The van der Waals surface area contributed by atoms with Gasteiger partial charge in [-0.2, -0.15) is 0 Å². The molecule has 0 amide bonds. The van der Waals surface area contributed by atoms with Crippen molar-refractivity contribution in [3.05, 3.63) is 48.0 Å². The summed E-state index contributed by atoms with van der Waals surface area (Å²) in [6.45, 7) is 1.85. The smallest absolute Gasteiger partial charge is 0.237 e. The molecule has 0 atom stereocenters. The Morgan fingerprint density at radius 3 is 2.30 bits per heavy atom. The molecule has 0 bridgehead atoms. The summed E-state index contributed by atoms with van der Waals surface area (Å²) in [5.74, 6) is -0.0183. The number of nitrogens with one attached hydrogen (secondary N) is 1. The molecule has 122 valence electrons. The zero-order chi connectivity index (χ0) is 16.3. The predicted octanol–water partition coefficient (Wildman–Crippen LogP) is 2.16. The monoisotopic (exact) mass is 336 g/mol. The molecule has 8 heteroatoms. The fourth-order valence-electron chi connectivity index (χ4n) is 2.47. The van der Waals surface area contributed by atoms with Gasteiger partial charge in [0, 0.05) is 13.1 Å². The summed E-state index contributed by atoms with van der Waals surface area (Å²) in [4.78, 5) is 10.5. The van der Waals surface area contributed by atoms with Crippen LogP contribution in [0.4, 0.5) is 16.0 Å². The SMILES string of the molecule is O=S(=O)(Cc1ccc(F)cc1)Nc1cnc(N2CCCC2)nc1. The fraction of sp³-hybridized carbons (Fsp3) is 0.333. The zero-order valence-electron chi connectivity index (χ0n) is 12.4. The Morgan fingerprint density at radius 2 is 1.70 bits per heavy atom. The average molecular weight is 336 g/mol. The number of hydrogen-bond donors (Lipinski definition) is 1. The van der Waals surface area contributed by atoms with E-state index in [4.69, 9.17) is 0 Å². The van der Waals surface area contributed by atoms with E-state index in [1.54, 1.807) is 0 Å². The van der Waals surface area contributed by atoms with Gasteiger partial charge in [0.15, 0.2) is 0 Å². The lowest BCUT2D eigenvalue weighted by atomic mass is 10.2. The molecular formula is C15H17FN4O2S. The molecule has 1 aromatic heterocycles. The number of anilines is 2. The summed E-state index contributed by atoms with van der Waals surface area (Å²) in [5, 5.41) is 0. The maximum atomic E-state index is 12.8. The Hall–Kier alpha value is -2.22. The maximum Gasteiger partial charge on any atom is 0.237 e. The number of nitrogens with zero attached hydrogens (tertiary/aromatic N) is 3. The topological polar surface area (TPSA) is 75.2 Å². The summed E-state index contributed by atoms with van der Waals surface area (Å²) in [7, 11) is -3.60. The highest BCUT2D eigenvalue weighted by molar-refractivity contribution is 7.91. The normalized spacial score (nSPS) is 14.9. The lowest BCUT2D eigenvalue weighted by Crippen LogP contribution is -2.21. The van der Waals surface area contributed by atoms with Crippen LogP contribution in [-0.4, -0.2) is 31.5 Å². The van der Waals surface area contributed by atoms with Gasteiger partial charge in [0.25, 0.3) is 0 Å². The Kier molecular flexibility index (Phi) is 4.42. The van der Waals surface area contributed by atoms with Gasteiger partial charge in [0.1, 0.15) is 5.82 Å². The molecule has 1 aromatic carbocycles. The van der Waals surface area contributed by atoms with Crippen LogP contribution in [0, 0.1) is 5.82 Å². The molecule has 1 aliphatic rings. The van der Waals surface area contributed by atoms with Crippen LogP contribution in [0.3, 0.4) is 0 Å². The number of hydrogen-bond acceptors (Lipinski definition) is 5. The molecule has 23 heavy (non-hydrogen) atoms. The van der Waals surface area contributed by atoms with E-state index >= 15 is 0 Å². The molecule has 3 rings (SSSR count). The molecule has 0 saturated carbocycles. The molecule has 0 unspecified atom stereocenters. The minimum absolute atomic E-state index is 0.235. The second kappa shape index (κ2) is 6.49. The van der Waals surface area contributed by atoms with Crippen LogP contribution in [-0.2, 0) is 15.8 Å². The molecule has 1 aliphatic heterocycles. The van der Waals surface area contributed by atoms with Gasteiger partial charge in [0.05, 0.1) is 23.8 Å². The first kappa shape index (κ1) is 15.7. The zero-order valence-corrected chi connectivity index (χ0v) is 13.3. The number of halogens is 1.